The Bertz CT molecular complexity index is 551. The normalized spacial score (nSPS) is 13.7. The molecule has 0 saturated carbocycles. The Kier molecular flexibility index (Phi) is 2.99. The minimum atomic E-state index is -1.35. The van der Waals surface area contributed by atoms with E-state index in [4.69, 9.17) is 6.42 Å². The molecule has 0 aromatic heterocycles. The van der Waals surface area contributed by atoms with Crippen LogP contribution in [0, 0.1) is 19.3 Å². The summed E-state index contributed by atoms with van der Waals surface area (Å²) < 4.78 is 0. The molecule has 1 N–H and O–H groups in total. The fourth-order valence-corrected chi connectivity index (χ4v) is 1.97. The van der Waals surface area contributed by atoms with E-state index >= 15 is 0 Å². The van der Waals surface area contributed by atoms with E-state index in [1.807, 2.05) is 61.5 Å². The second-order valence-electron chi connectivity index (χ2n) is 4.04. The summed E-state index contributed by atoms with van der Waals surface area (Å²) in [7, 11) is 0. The summed E-state index contributed by atoms with van der Waals surface area (Å²) in [6.07, 6.45) is 5.54. The molecule has 84 valence electrons. The topological polar surface area (TPSA) is 20.2 Å². The van der Waals surface area contributed by atoms with Gasteiger partial charge in [0, 0.05) is 11.1 Å². The van der Waals surface area contributed by atoms with E-state index in [1.165, 1.54) is 0 Å². The van der Waals surface area contributed by atoms with Crippen molar-refractivity contribution < 1.29 is 5.11 Å². The van der Waals surface area contributed by atoms with Crippen LogP contribution in [-0.4, -0.2) is 5.11 Å². The van der Waals surface area contributed by atoms with Crippen LogP contribution in [0.1, 0.15) is 16.7 Å². The summed E-state index contributed by atoms with van der Waals surface area (Å²) in [5, 5.41) is 10.7. The van der Waals surface area contributed by atoms with Crippen molar-refractivity contribution in [2.24, 2.45) is 0 Å². The van der Waals surface area contributed by atoms with Gasteiger partial charge >= 0.3 is 0 Å². The Morgan fingerprint density at radius 2 is 1.59 bits per heavy atom. The van der Waals surface area contributed by atoms with Crippen molar-refractivity contribution in [3.8, 4) is 12.3 Å². The lowest BCUT2D eigenvalue weighted by atomic mass is 9.85. The smallest absolute Gasteiger partial charge is 0.176 e. The first-order valence-electron chi connectivity index (χ1n) is 5.50. The highest BCUT2D eigenvalue weighted by Crippen LogP contribution is 2.30. The summed E-state index contributed by atoms with van der Waals surface area (Å²) in [5.74, 6) is 2.51. The van der Waals surface area contributed by atoms with Crippen molar-refractivity contribution >= 4 is 0 Å². The molecule has 0 aliphatic rings. The number of hydrogen-bond acceptors (Lipinski definition) is 1. The molecule has 0 aliphatic heterocycles. The van der Waals surface area contributed by atoms with Crippen LogP contribution in [0.3, 0.4) is 0 Å². The first-order chi connectivity index (χ1) is 8.18. The second kappa shape index (κ2) is 4.45. The highest BCUT2D eigenvalue weighted by atomic mass is 16.3. The molecular formula is C16H14O. The zero-order valence-electron chi connectivity index (χ0n) is 9.72. The van der Waals surface area contributed by atoms with Crippen LogP contribution < -0.4 is 0 Å². The van der Waals surface area contributed by atoms with Gasteiger partial charge in [0.2, 0.25) is 0 Å². The van der Waals surface area contributed by atoms with Crippen molar-refractivity contribution in [1.29, 1.82) is 0 Å². The van der Waals surface area contributed by atoms with Crippen molar-refractivity contribution in [3.05, 3.63) is 71.3 Å². The highest BCUT2D eigenvalue weighted by molar-refractivity contribution is 5.46. The molecule has 0 bridgehead atoms. The standard InChI is InChI=1S/C16H14O/c1-3-16(17,14-10-5-4-6-11-14)15-12-8-7-9-13(15)2/h1,4-12,17H,2H3. The van der Waals surface area contributed by atoms with E-state index in [1.54, 1.807) is 0 Å². The Hall–Kier alpha value is -2.04. The highest BCUT2D eigenvalue weighted by Gasteiger charge is 2.30. The first kappa shape index (κ1) is 11.4. The third-order valence-corrected chi connectivity index (χ3v) is 2.94. The van der Waals surface area contributed by atoms with Crippen LogP contribution in [-0.2, 0) is 5.60 Å². The maximum absolute atomic E-state index is 10.7. The average Bonchev–Trinajstić information content (AvgIpc) is 2.39. The molecule has 1 atom stereocenters. The van der Waals surface area contributed by atoms with Crippen LogP contribution in [0.4, 0.5) is 0 Å². The lowest BCUT2D eigenvalue weighted by molar-refractivity contribution is 0.144. The zero-order chi connectivity index (χ0) is 12.3. The number of rotatable bonds is 2. The van der Waals surface area contributed by atoms with E-state index in [0.717, 1.165) is 16.7 Å². The van der Waals surface area contributed by atoms with Crippen molar-refractivity contribution in [1.82, 2.24) is 0 Å². The number of aliphatic hydroxyl groups is 1. The molecule has 0 heterocycles. The van der Waals surface area contributed by atoms with Crippen LogP contribution in [0.25, 0.3) is 0 Å². The van der Waals surface area contributed by atoms with E-state index in [-0.39, 0.29) is 0 Å². The Labute approximate surface area is 102 Å². The number of terminal acetylenes is 1. The monoisotopic (exact) mass is 222 g/mol. The summed E-state index contributed by atoms with van der Waals surface area (Å²) in [5.41, 5.74) is 1.11. The molecule has 0 amide bonds. The Balaban J connectivity index is 2.62. The molecule has 0 saturated heterocycles. The van der Waals surface area contributed by atoms with Gasteiger partial charge in [0.1, 0.15) is 0 Å². The van der Waals surface area contributed by atoms with Crippen LogP contribution in [0.5, 0.6) is 0 Å². The molecule has 2 aromatic rings. The van der Waals surface area contributed by atoms with E-state index in [9.17, 15) is 5.11 Å². The van der Waals surface area contributed by atoms with Crippen LogP contribution >= 0.6 is 0 Å². The Morgan fingerprint density at radius 1 is 1.00 bits per heavy atom. The van der Waals surface area contributed by atoms with Gasteiger partial charge < -0.3 is 5.11 Å². The summed E-state index contributed by atoms with van der Waals surface area (Å²) in [4.78, 5) is 0. The average molecular weight is 222 g/mol. The number of hydrogen-bond donors (Lipinski definition) is 1. The summed E-state index contributed by atoms with van der Waals surface area (Å²) in [6, 6.07) is 16.9. The molecule has 1 nitrogen and oxygen atoms in total. The van der Waals surface area contributed by atoms with E-state index < -0.39 is 5.60 Å². The first-order valence-corrected chi connectivity index (χ1v) is 5.50. The van der Waals surface area contributed by atoms with Gasteiger partial charge in [-0.1, -0.05) is 60.5 Å². The van der Waals surface area contributed by atoms with Gasteiger partial charge in [0.05, 0.1) is 0 Å². The van der Waals surface area contributed by atoms with Gasteiger partial charge in [-0.3, -0.25) is 0 Å². The molecule has 1 unspecified atom stereocenters. The Morgan fingerprint density at radius 3 is 2.18 bits per heavy atom. The fourth-order valence-electron chi connectivity index (χ4n) is 1.97. The predicted octanol–water partition coefficient (Wildman–Crippen LogP) is 2.86. The molecule has 0 aliphatic carbocycles. The van der Waals surface area contributed by atoms with Crippen molar-refractivity contribution in [2.45, 2.75) is 12.5 Å². The predicted molar refractivity (Wildman–Crippen MR) is 69.5 cm³/mol. The van der Waals surface area contributed by atoms with Gasteiger partial charge in [0.15, 0.2) is 5.60 Å². The lowest BCUT2D eigenvalue weighted by Crippen LogP contribution is -2.26. The molecule has 0 radical (unpaired) electrons. The summed E-state index contributed by atoms with van der Waals surface area (Å²) in [6.45, 7) is 1.95. The second-order valence-corrected chi connectivity index (χ2v) is 4.04. The number of aryl methyl sites for hydroxylation is 1. The molecule has 2 rings (SSSR count). The van der Waals surface area contributed by atoms with Crippen molar-refractivity contribution in [2.75, 3.05) is 0 Å². The quantitative estimate of drug-likeness (QED) is 0.775. The SMILES string of the molecule is C#CC(O)(c1ccccc1)c1ccccc1C. The molecule has 2 aromatic carbocycles. The van der Waals surface area contributed by atoms with Gasteiger partial charge in [-0.2, -0.15) is 0 Å². The van der Waals surface area contributed by atoms with Crippen LogP contribution in [0.15, 0.2) is 54.6 Å². The van der Waals surface area contributed by atoms with E-state index in [0.29, 0.717) is 0 Å². The van der Waals surface area contributed by atoms with Crippen molar-refractivity contribution in [3.63, 3.8) is 0 Å². The lowest BCUT2D eigenvalue weighted by Gasteiger charge is -2.25. The number of benzene rings is 2. The third-order valence-electron chi connectivity index (χ3n) is 2.94. The van der Waals surface area contributed by atoms with Gasteiger partial charge in [-0.15, -0.1) is 6.42 Å². The maximum atomic E-state index is 10.7. The summed E-state index contributed by atoms with van der Waals surface area (Å²) >= 11 is 0. The molecule has 0 spiro atoms. The van der Waals surface area contributed by atoms with Gasteiger partial charge in [-0.05, 0) is 12.5 Å². The minimum absolute atomic E-state index is 0.719. The largest absolute Gasteiger partial charge is 0.369 e. The van der Waals surface area contributed by atoms with Gasteiger partial charge in [0.25, 0.3) is 0 Å². The molecule has 1 heteroatoms. The zero-order valence-corrected chi connectivity index (χ0v) is 9.72. The fraction of sp³-hybridized carbons (Fsp3) is 0.125. The maximum Gasteiger partial charge on any atom is 0.176 e. The van der Waals surface area contributed by atoms with E-state index in [2.05, 4.69) is 5.92 Å². The minimum Gasteiger partial charge on any atom is -0.369 e. The molecule has 0 fully saturated rings. The molecular weight excluding hydrogens is 208 g/mol. The van der Waals surface area contributed by atoms with Crippen LogP contribution in [0.2, 0.25) is 0 Å². The van der Waals surface area contributed by atoms with Gasteiger partial charge in [-0.25, -0.2) is 0 Å². The third kappa shape index (κ3) is 1.95. The molecule has 17 heavy (non-hydrogen) atoms.